The van der Waals surface area contributed by atoms with Crippen LogP contribution in [0.3, 0.4) is 0 Å². The Morgan fingerprint density at radius 1 is 1.40 bits per heavy atom. The average molecular weight is 205 g/mol. The van der Waals surface area contributed by atoms with Crippen molar-refractivity contribution in [1.29, 1.82) is 0 Å². The zero-order chi connectivity index (χ0) is 10.8. The maximum Gasteiger partial charge on any atom is 0.254 e. The summed E-state index contributed by atoms with van der Waals surface area (Å²) in [6, 6.07) is 1.87. The maximum absolute atomic E-state index is 5.75. The lowest BCUT2D eigenvalue weighted by Gasteiger charge is -2.16. The van der Waals surface area contributed by atoms with Crippen LogP contribution in [0.4, 0.5) is 0 Å². The number of fused-ring (bicyclic) bond motifs is 1. The molecule has 0 spiro atoms. The Morgan fingerprint density at radius 3 is 2.87 bits per heavy atom. The van der Waals surface area contributed by atoms with Crippen molar-refractivity contribution in [2.24, 2.45) is 11.7 Å². The third kappa shape index (κ3) is 1.70. The van der Waals surface area contributed by atoms with E-state index in [0.717, 1.165) is 5.82 Å². The van der Waals surface area contributed by atoms with Gasteiger partial charge in [-0.25, -0.2) is 4.98 Å². The number of aromatic nitrogens is 4. The van der Waals surface area contributed by atoms with Gasteiger partial charge in [-0.05, 0) is 12.0 Å². The molecule has 1 atom stereocenters. The minimum absolute atomic E-state index is 0.226. The summed E-state index contributed by atoms with van der Waals surface area (Å²) >= 11 is 0. The molecule has 80 valence electrons. The van der Waals surface area contributed by atoms with Gasteiger partial charge < -0.3 is 5.73 Å². The van der Waals surface area contributed by atoms with Gasteiger partial charge in [0.2, 0.25) is 0 Å². The molecule has 1 unspecified atom stereocenters. The van der Waals surface area contributed by atoms with Gasteiger partial charge in [0, 0.05) is 24.9 Å². The third-order valence-corrected chi connectivity index (χ3v) is 2.61. The van der Waals surface area contributed by atoms with E-state index in [2.05, 4.69) is 29.0 Å². The van der Waals surface area contributed by atoms with E-state index >= 15 is 0 Å². The quantitative estimate of drug-likeness (QED) is 0.805. The normalized spacial score (nSPS) is 13.6. The van der Waals surface area contributed by atoms with Crippen LogP contribution in [0.25, 0.3) is 5.78 Å². The largest absolute Gasteiger partial charge is 0.330 e. The Morgan fingerprint density at radius 2 is 2.20 bits per heavy atom. The van der Waals surface area contributed by atoms with Crippen LogP contribution < -0.4 is 5.73 Å². The number of hydrogen-bond acceptors (Lipinski definition) is 4. The molecule has 2 N–H and O–H groups in total. The van der Waals surface area contributed by atoms with Gasteiger partial charge in [0.05, 0.1) is 0 Å². The second-order valence-corrected chi connectivity index (χ2v) is 3.93. The number of nitrogens with two attached hydrogens (primary N) is 1. The second kappa shape index (κ2) is 3.94. The van der Waals surface area contributed by atoms with Crippen LogP contribution in [0.1, 0.15) is 25.6 Å². The van der Waals surface area contributed by atoms with E-state index in [1.807, 2.05) is 16.7 Å². The van der Waals surface area contributed by atoms with Crippen LogP contribution in [0.15, 0.2) is 18.5 Å². The van der Waals surface area contributed by atoms with E-state index in [0.29, 0.717) is 18.2 Å². The van der Waals surface area contributed by atoms with E-state index in [4.69, 9.17) is 5.73 Å². The molecule has 5 nitrogen and oxygen atoms in total. The lowest BCUT2D eigenvalue weighted by molar-refractivity contribution is 0.480. The van der Waals surface area contributed by atoms with Crippen LogP contribution in [0.2, 0.25) is 0 Å². The molecule has 0 radical (unpaired) electrons. The first-order valence-electron chi connectivity index (χ1n) is 5.09. The summed E-state index contributed by atoms with van der Waals surface area (Å²) in [7, 11) is 0. The molecule has 2 rings (SSSR count). The monoisotopic (exact) mass is 205 g/mol. The van der Waals surface area contributed by atoms with Crippen molar-refractivity contribution >= 4 is 5.78 Å². The summed E-state index contributed by atoms with van der Waals surface area (Å²) in [5.74, 6) is 2.20. The van der Waals surface area contributed by atoms with Gasteiger partial charge in [-0.2, -0.15) is 0 Å². The van der Waals surface area contributed by atoms with Crippen molar-refractivity contribution in [1.82, 2.24) is 19.6 Å². The minimum Gasteiger partial charge on any atom is -0.330 e. The SMILES string of the molecule is CC(C)C(CN)c1nnc2ncccn12. The molecule has 2 aromatic heterocycles. The van der Waals surface area contributed by atoms with Crippen molar-refractivity contribution in [3.05, 3.63) is 24.3 Å². The summed E-state index contributed by atoms with van der Waals surface area (Å²) in [6.45, 7) is 4.84. The molecule has 2 heterocycles. The molecular weight excluding hydrogens is 190 g/mol. The Bertz CT molecular complexity index is 448. The zero-order valence-corrected chi connectivity index (χ0v) is 8.96. The van der Waals surface area contributed by atoms with E-state index in [9.17, 15) is 0 Å². The van der Waals surface area contributed by atoms with Crippen molar-refractivity contribution in [2.75, 3.05) is 6.54 Å². The molecule has 0 saturated heterocycles. The third-order valence-electron chi connectivity index (χ3n) is 2.61. The lowest BCUT2D eigenvalue weighted by atomic mass is 9.95. The van der Waals surface area contributed by atoms with Crippen LogP contribution >= 0.6 is 0 Å². The van der Waals surface area contributed by atoms with Crippen LogP contribution in [-0.4, -0.2) is 26.1 Å². The predicted molar refractivity (Wildman–Crippen MR) is 57.4 cm³/mol. The molecule has 15 heavy (non-hydrogen) atoms. The standard InChI is InChI=1S/C10H15N5/c1-7(2)8(6-11)9-13-14-10-12-4-3-5-15(9)10/h3-5,7-8H,6,11H2,1-2H3. The van der Waals surface area contributed by atoms with Crippen molar-refractivity contribution in [3.8, 4) is 0 Å². The van der Waals surface area contributed by atoms with Crippen LogP contribution in [0.5, 0.6) is 0 Å². The number of nitrogens with zero attached hydrogens (tertiary/aromatic N) is 4. The average Bonchev–Trinajstić information content (AvgIpc) is 2.63. The molecule has 2 aromatic rings. The lowest BCUT2D eigenvalue weighted by Crippen LogP contribution is -2.20. The van der Waals surface area contributed by atoms with Gasteiger partial charge in [-0.1, -0.05) is 13.8 Å². The molecule has 0 bridgehead atoms. The van der Waals surface area contributed by atoms with Gasteiger partial charge in [0.25, 0.3) is 5.78 Å². The van der Waals surface area contributed by atoms with E-state index < -0.39 is 0 Å². The molecule has 0 saturated carbocycles. The minimum atomic E-state index is 0.226. The highest BCUT2D eigenvalue weighted by Crippen LogP contribution is 2.21. The first kappa shape index (κ1) is 10.0. The van der Waals surface area contributed by atoms with Gasteiger partial charge in [-0.15, -0.1) is 10.2 Å². The Balaban J connectivity index is 2.51. The molecule has 0 aliphatic rings. The first-order valence-corrected chi connectivity index (χ1v) is 5.09. The summed E-state index contributed by atoms with van der Waals surface area (Å²) in [5, 5.41) is 8.17. The fraction of sp³-hybridized carbons (Fsp3) is 0.500. The Kier molecular flexibility index (Phi) is 2.64. The predicted octanol–water partition coefficient (Wildman–Crippen LogP) is 0.823. The fourth-order valence-corrected chi connectivity index (χ4v) is 1.69. The van der Waals surface area contributed by atoms with E-state index in [-0.39, 0.29) is 5.92 Å². The van der Waals surface area contributed by atoms with Crippen LogP contribution in [-0.2, 0) is 0 Å². The number of hydrogen-bond donors (Lipinski definition) is 1. The molecule has 5 heteroatoms. The van der Waals surface area contributed by atoms with Gasteiger partial charge in [0.15, 0.2) is 0 Å². The van der Waals surface area contributed by atoms with Gasteiger partial charge in [-0.3, -0.25) is 4.40 Å². The molecule has 0 amide bonds. The van der Waals surface area contributed by atoms with Crippen LogP contribution in [0, 0.1) is 5.92 Å². The van der Waals surface area contributed by atoms with E-state index in [1.54, 1.807) is 6.20 Å². The maximum atomic E-state index is 5.75. The summed E-state index contributed by atoms with van der Waals surface area (Å²) in [5.41, 5.74) is 5.75. The topological polar surface area (TPSA) is 69.1 Å². The fourth-order valence-electron chi connectivity index (χ4n) is 1.69. The summed E-state index contributed by atoms with van der Waals surface area (Å²) in [4.78, 5) is 4.13. The Labute approximate surface area is 88.3 Å². The molecule has 0 aliphatic carbocycles. The van der Waals surface area contributed by atoms with E-state index in [1.165, 1.54) is 0 Å². The van der Waals surface area contributed by atoms with Crippen molar-refractivity contribution in [2.45, 2.75) is 19.8 Å². The molecular formula is C10H15N5. The summed E-state index contributed by atoms with van der Waals surface area (Å²) < 4.78 is 1.90. The highest BCUT2D eigenvalue weighted by molar-refractivity contribution is 5.27. The first-order chi connectivity index (χ1) is 7.24. The number of rotatable bonds is 3. The Hall–Kier alpha value is -1.49. The highest BCUT2D eigenvalue weighted by atomic mass is 15.3. The highest BCUT2D eigenvalue weighted by Gasteiger charge is 2.19. The van der Waals surface area contributed by atoms with Gasteiger partial charge in [0.1, 0.15) is 5.82 Å². The molecule has 0 aliphatic heterocycles. The molecule has 0 fully saturated rings. The van der Waals surface area contributed by atoms with Crippen molar-refractivity contribution < 1.29 is 0 Å². The second-order valence-electron chi connectivity index (χ2n) is 3.93. The molecule has 0 aromatic carbocycles. The van der Waals surface area contributed by atoms with Crippen molar-refractivity contribution in [3.63, 3.8) is 0 Å². The smallest absolute Gasteiger partial charge is 0.254 e. The zero-order valence-electron chi connectivity index (χ0n) is 8.96. The van der Waals surface area contributed by atoms with Gasteiger partial charge >= 0.3 is 0 Å². The summed E-state index contributed by atoms with van der Waals surface area (Å²) in [6.07, 6.45) is 3.63.